The summed E-state index contributed by atoms with van der Waals surface area (Å²) in [6, 6.07) is 0. The summed E-state index contributed by atoms with van der Waals surface area (Å²) in [6.07, 6.45) is 8.42. The van der Waals surface area contributed by atoms with Crippen LogP contribution in [0.4, 0.5) is 0 Å². The highest BCUT2D eigenvalue weighted by Gasteiger charge is 2.24. The summed E-state index contributed by atoms with van der Waals surface area (Å²) in [5.74, 6) is -0.242. The van der Waals surface area contributed by atoms with Gasteiger partial charge in [-0.2, -0.15) is 0 Å². The van der Waals surface area contributed by atoms with Crippen molar-refractivity contribution in [2.24, 2.45) is 0 Å². The number of rotatable bonds is 5. The number of esters is 1. The average molecular weight is 402 g/mol. The van der Waals surface area contributed by atoms with Gasteiger partial charge in [-0.15, -0.1) is 11.3 Å². The summed E-state index contributed by atoms with van der Waals surface area (Å²) in [5, 5.41) is 1.73. The molecule has 4 rings (SSSR count). The van der Waals surface area contributed by atoms with Crippen molar-refractivity contribution in [1.29, 1.82) is 0 Å². The number of hydrogen-bond donors (Lipinski definition) is 0. The van der Waals surface area contributed by atoms with E-state index in [0.717, 1.165) is 45.8 Å². The molecule has 7 heteroatoms. The molecular formula is C20H23N3O2S2. The molecule has 0 bridgehead atoms. The van der Waals surface area contributed by atoms with Crippen molar-refractivity contribution in [2.45, 2.75) is 62.6 Å². The number of methoxy groups -OCH3 is 1. The highest BCUT2D eigenvalue weighted by molar-refractivity contribution is 8.00. The molecule has 0 saturated carbocycles. The van der Waals surface area contributed by atoms with Crippen molar-refractivity contribution < 1.29 is 9.53 Å². The molecule has 27 heavy (non-hydrogen) atoms. The van der Waals surface area contributed by atoms with Crippen LogP contribution in [0.15, 0.2) is 11.4 Å². The lowest BCUT2D eigenvalue weighted by atomic mass is 9.88. The van der Waals surface area contributed by atoms with Crippen LogP contribution in [0.2, 0.25) is 0 Å². The fraction of sp³-hybridized carbons (Fsp3) is 0.500. The molecule has 1 aliphatic carbocycles. The maximum atomic E-state index is 11.8. The van der Waals surface area contributed by atoms with Gasteiger partial charge in [0.1, 0.15) is 21.4 Å². The zero-order chi connectivity index (χ0) is 19.0. The van der Waals surface area contributed by atoms with Gasteiger partial charge < -0.3 is 4.74 Å². The minimum Gasteiger partial charge on any atom is -0.468 e. The van der Waals surface area contributed by atoms with E-state index in [9.17, 15) is 4.79 Å². The van der Waals surface area contributed by atoms with Crippen LogP contribution in [0, 0.1) is 0 Å². The largest absolute Gasteiger partial charge is 0.468 e. The molecule has 0 saturated heterocycles. The van der Waals surface area contributed by atoms with E-state index in [1.807, 2.05) is 6.92 Å². The first-order valence-corrected chi connectivity index (χ1v) is 11.2. The number of aryl methyl sites for hydroxylation is 2. The topological polar surface area (TPSA) is 65.0 Å². The Balaban J connectivity index is 1.90. The predicted molar refractivity (Wildman–Crippen MR) is 111 cm³/mol. The van der Waals surface area contributed by atoms with E-state index in [2.05, 4.69) is 16.9 Å². The van der Waals surface area contributed by atoms with Gasteiger partial charge in [0, 0.05) is 11.1 Å². The van der Waals surface area contributed by atoms with E-state index < -0.39 is 0 Å². The number of fused-ring (bicyclic) bond motifs is 5. The van der Waals surface area contributed by atoms with Crippen molar-refractivity contribution >= 4 is 49.5 Å². The Morgan fingerprint density at radius 3 is 2.81 bits per heavy atom. The van der Waals surface area contributed by atoms with Gasteiger partial charge in [-0.25, -0.2) is 15.0 Å². The van der Waals surface area contributed by atoms with Crippen LogP contribution in [0.1, 0.15) is 49.9 Å². The average Bonchev–Trinajstić information content (AvgIpc) is 3.07. The normalized spacial score (nSPS) is 15.1. The SMILES string of the molecule is CCCc1nc2sc3c(SC(C)C(=O)OC)ncnc3c2c2c1CCCC2. The van der Waals surface area contributed by atoms with Crippen molar-refractivity contribution in [1.82, 2.24) is 15.0 Å². The summed E-state index contributed by atoms with van der Waals surface area (Å²) in [7, 11) is 1.42. The Labute approximate surface area is 167 Å². The number of nitrogens with zero attached hydrogens (tertiary/aromatic N) is 3. The molecule has 1 unspecified atom stereocenters. The first-order chi connectivity index (χ1) is 13.1. The molecule has 0 aromatic carbocycles. The maximum absolute atomic E-state index is 11.8. The third-order valence-corrected chi connectivity index (χ3v) is 7.37. The van der Waals surface area contributed by atoms with Crippen LogP contribution in [-0.2, 0) is 28.8 Å². The molecule has 5 nitrogen and oxygen atoms in total. The number of hydrogen-bond acceptors (Lipinski definition) is 7. The lowest BCUT2D eigenvalue weighted by Gasteiger charge is -2.19. The van der Waals surface area contributed by atoms with Crippen LogP contribution in [0.5, 0.6) is 0 Å². The van der Waals surface area contributed by atoms with Crippen molar-refractivity contribution in [3.8, 4) is 0 Å². The fourth-order valence-corrected chi connectivity index (χ4v) is 6.00. The molecule has 142 valence electrons. The molecule has 0 amide bonds. The highest BCUT2D eigenvalue weighted by Crippen LogP contribution is 2.42. The van der Waals surface area contributed by atoms with Crippen LogP contribution in [0.25, 0.3) is 20.4 Å². The minimum atomic E-state index is -0.309. The second-order valence-corrected chi connectivity index (χ2v) is 9.22. The van der Waals surface area contributed by atoms with Gasteiger partial charge >= 0.3 is 5.97 Å². The quantitative estimate of drug-likeness (QED) is 0.350. The van der Waals surface area contributed by atoms with Crippen molar-refractivity contribution in [2.75, 3.05) is 7.11 Å². The number of ether oxygens (including phenoxy) is 1. The second kappa shape index (κ2) is 7.72. The third kappa shape index (κ3) is 3.31. The molecule has 1 atom stereocenters. The summed E-state index contributed by atoms with van der Waals surface area (Å²) in [4.78, 5) is 27.0. The molecule has 1 aliphatic rings. The van der Waals surface area contributed by atoms with Crippen LogP contribution < -0.4 is 0 Å². The first-order valence-electron chi connectivity index (χ1n) is 9.46. The van der Waals surface area contributed by atoms with E-state index in [-0.39, 0.29) is 11.2 Å². The lowest BCUT2D eigenvalue weighted by molar-refractivity contribution is -0.139. The molecule has 0 N–H and O–H groups in total. The van der Waals surface area contributed by atoms with Gasteiger partial charge in [0.15, 0.2) is 0 Å². The van der Waals surface area contributed by atoms with Gasteiger partial charge in [0.2, 0.25) is 0 Å². The molecule has 0 aliphatic heterocycles. The van der Waals surface area contributed by atoms with E-state index in [0.29, 0.717) is 0 Å². The summed E-state index contributed by atoms with van der Waals surface area (Å²) < 4.78 is 5.89. The molecule has 3 heterocycles. The Kier molecular flexibility index (Phi) is 5.32. The van der Waals surface area contributed by atoms with E-state index in [4.69, 9.17) is 9.72 Å². The minimum absolute atomic E-state index is 0.242. The van der Waals surface area contributed by atoms with E-state index >= 15 is 0 Å². The standard InChI is InChI=1S/C20H23N3O2S2/c1-4-7-14-12-8-5-6-9-13(12)15-16-17(27-18(15)23-14)19(22-10-21-16)26-11(2)20(24)25-3/h10-11H,4-9H2,1-3H3. The smallest absolute Gasteiger partial charge is 0.318 e. The maximum Gasteiger partial charge on any atom is 0.318 e. The number of thioether (sulfide) groups is 1. The number of carbonyl (C=O) groups excluding carboxylic acids is 1. The Morgan fingerprint density at radius 2 is 2.07 bits per heavy atom. The first kappa shape index (κ1) is 18.6. The number of thiophene rings is 1. The molecule has 3 aromatic heterocycles. The fourth-order valence-electron chi connectivity index (χ4n) is 3.83. The number of carbonyl (C=O) groups is 1. The molecule has 0 radical (unpaired) electrons. The van der Waals surface area contributed by atoms with Crippen LogP contribution >= 0.6 is 23.1 Å². The highest BCUT2D eigenvalue weighted by atomic mass is 32.2. The zero-order valence-electron chi connectivity index (χ0n) is 15.9. The summed E-state index contributed by atoms with van der Waals surface area (Å²) in [6.45, 7) is 4.05. The van der Waals surface area contributed by atoms with E-state index in [1.54, 1.807) is 17.7 Å². The number of pyridine rings is 1. The van der Waals surface area contributed by atoms with Crippen molar-refractivity contribution in [3.63, 3.8) is 0 Å². The molecule has 0 fully saturated rings. The Hall–Kier alpha value is -1.73. The summed E-state index contributed by atoms with van der Waals surface area (Å²) in [5.41, 5.74) is 5.14. The van der Waals surface area contributed by atoms with Crippen LogP contribution in [-0.4, -0.2) is 33.3 Å². The van der Waals surface area contributed by atoms with E-state index in [1.165, 1.54) is 53.9 Å². The van der Waals surface area contributed by atoms with Gasteiger partial charge in [0.05, 0.1) is 17.3 Å². The monoisotopic (exact) mass is 401 g/mol. The van der Waals surface area contributed by atoms with Crippen molar-refractivity contribution in [3.05, 3.63) is 23.1 Å². The zero-order valence-corrected chi connectivity index (χ0v) is 17.5. The molecule has 3 aromatic rings. The number of aromatic nitrogens is 3. The molecule has 0 spiro atoms. The lowest BCUT2D eigenvalue weighted by Crippen LogP contribution is -2.14. The van der Waals surface area contributed by atoms with Crippen LogP contribution in [0.3, 0.4) is 0 Å². The Morgan fingerprint density at radius 1 is 1.30 bits per heavy atom. The molecular weight excluding hydrogens is 378 g/mol. The second-order valence-electron chi connectivity index (χ2n) is 6.89. The van der Waals surface area contributed by atoms with Gasteiger partial charge in [-0.1, -0.05) is 25.1 Å². The van der Waals surface area contributed by atoms with Gasteiger partial charge in [-0.05, 0) is 50.2 Å². The Bertz CT molecular complexity index is 1020. The summed E-state index contributed by atoms with van der Waals surface area (Å²) >= 11 is 3.08. The van der Waals surface area contributed by atoms with Gasteiger partial charge in [-0.3, -0.25) is 4.79 Å². The van der Waals surface area contributed by atoms with Gasteiger partial charge in [0.25, 0.3) is 0 Å². The predicted octanol–water partition coefficient (Wildman–Crippen LogP) is 4.72. The third-order valence-electron chi connectivity index (χ3n) is 5.08.